The standard InChI is InChI=1S/C15H15BrN4S/c1-17-15-18-13(12-6-7-21-14(12)19-15)20(2)9-10-4-3-5-11(16)8-10/h3-8H,9H2,1-2H3,(H,17,18,19). The smallest absolute Gasteiger partial charge is 0.225 e. The van der Waals surface area contributed by atoms with Crippen molar-refractivity contribution in [3.05, 3.63) is 45.7 Å². The molecule has 0 bridgehead atoms. The lowest BCUT2D eigenvalue weighted by molar-refractivity contribution is 0.901. The van der Waals surface area contributed by atoms with Crippen LogP contribution in [0.25, 0.3) is 10.2 Å². The number of anilines is 2. The normalized spacial score (nSPS) is 10.8. The fourth-order valence-electron chi connectivity index (χ4n) is 2.23. The van der Waals surface area contributed by atoms with Crippen molar-refractivity contribution >= 4 is 49.2 Å². The lowest BCUT2D eigenvalue weighted by Crippen LogP contribution is -2.18. The molecule has 4 nitrogen and oxygen atoms in total. The summed E-state index contributed by atoms with van der Waals surface area (Å²) in [6.45, 7) is 0.796. The third kappa shape index (κ3) is 3.01. The van der Waals surface area contributed by atoms with Gasteiger partial charge in [-0.15, -0.1) is 11.3 Å². The van der Waals surface area contributed by atoms with Crippen molar-refractivity contribution in [2.24, 2.45) is 0 Å². The molecule has 0 spiro atoms. The third-order valence-corrected chi connectivity index (χ3v) is 4.50. The van der Waals surface area contributed by atoms with Gasteiger partial charge in [-0.1, -0.05) is 28.1 Å². The molecule has 0 radical (unpaired) electrons. The zero-order valence-corrected chi connectivity index (χ0v) is 14.2. The first-order valence-corrected chi connectivity index (χ1v) is 8.23. The van der Waals surface area contributed by atoms with E-state index in [1.54, 1.807) is 11.3 Å². The highest BCUT2D eigenvalue weighted by Gasteiger charge is 2.12. The van der Waals surface area contributed by atoms with E-state index in [1.807, 2.05) is 19.2 Å². The molecule has 0 unspecified atom stereocenters. The van der Waals surface area contributed by atoms with E-state index in [1.165, 1.54) is 5.56 Å². The quantitative estimate of drug-likeness (QED) is 0.757. The van der Waals surface area contributed by atoms with Crippen LogP contribution < -0.4 is 10.2 Å². The fourth-order valence-corrected chi connectivity index (χ4v) is 3.43. The molecular weight excluding hydrogens is 348 g/mol. The maximum atomic E-state index is 4.61. The molecule has 3 aromatic rings. The predicted octanol–water partition coefficient (Wildman–Crippen LogP) is 4.13. The van der Waals surface area contributed by atoms with Crippen molar-refractivity contribution < 1.29 is 0 Å². The molecule has 1 N–H and O–H groups in total. The van der Waals surface area contributed by atoms with Crippen LogP contribution in [0.2, 0.25) is 0 Å². The number of hydrogen-bond donors (Lipinski definition) is 1. The predicted molar refractivity (Wildman–Crippen MR) is 93.2 cm³/mol. The van der Waals surface area contributed by atoms with Gasteiger partial charge in [-0.3, -0.25) is 0 Å². The molecule has 2 heterocycles. The van der Waals surface area contributed by atoms with Crippen LogP contribution in [0, 0.1) is 0 Å². The monoisotopic (exact) mass is 362 g/mol. The van der Waals surface area contributed by atoms with Gasteiger partial charge in [-0.05, 0) is 29.1 Å². The summed E-state index contributed by atoms with van der Waals surface area (Å²) in [5.41, 5.74) is 1.24. The Morgan fingerprint density at radius 3 is 2.90 bits per heavy atom. The highest BCUT2D eigenvalue weighted by Crippen LogP contribution is 2.29. The molecule has 0 atom stereocenters. The highest BCUT2D eigenvalue weighted by molar-refractivity contribution is 9.10. The summed E-state index contributed by atoms with van der Waals surface area (Å²) < 4.78 is 1.09. The molecule has 2 aromatic heterocycles. The summed E-state index contributed by atoms with van der Waals surface area (Å²) >= 11 is 5.14. The summed E-state index contributed by atoms with van der Waals surface area (Å²) in [6.07, 6.45) is 0. The second kappa shape index (κ2) is 5.99. The van der Waals surface area contributed by atoms with Crippen molar-refractivity contribution in [1.82, 2.24) is 9.97 Å². The van der Waals surface area contributed by atoms with Gasteiger partial charge in [0.15, 0.2) is 0 Å². The first-order chi connectivity index (χ1) is 10.2. The minimum Gasteiger partial charge on any atom is -0.357 e. The van der Waals surface area contributed by atoms with Gasteiger partial charge in [0.25, 0.3) is 0 Å². The first-order valence-electron chi connectivity index (χ1n) is 6.56. The van der Waals surface area contributed by atoms with Crippen LogP contribution in [0.4, 0.5) is 11.8 Å². The summed E-state index contributed by atoms with van der Waals surface area (Å²) in [5.74, 6) is 1.60. The van der Waals surface area contributed by atoms with Crippen LogP contribution in [0.1, 0.15) is 5.56 Å². The van der Waals surface area contributed by atoms with Gasteiger partial charge in [0.2, 0.25) is 5.95 Å². The Bertz CT molecular complexity index is 771. The number of thiophene rings is 1. The fraction of sp³-hybridized carbons (Fsp3) is 0.200. The molecule has 0 saturated carbocycles. The van der Waals surface area contributed by atoms with Crippen LogP contribution >= 0.6 is 27.3 Å². The van der Waals surface area contributed by atoms with Gasteiger partial charge >= 0.3 is 0 Å². The number of nitrogens with zero attached hydrogens (tertiary/aromatic N) is 3. The average Bonchev–Trinajstić information content (AvgIpc) is 2.94. The number of benzene rings is 1. The number of hydrogen-bond acceptors (Lipinski definition) is 5. The molecule has 3 rings (SSSR count). The van der Waals surface area contributed by atoms with Crippen LogP contribution in [0.5, 0.6) is 0 Å². The Balaban J connectivity index is 1.97. The van der Waals surface area contributed by atoms with Crippen LogP contribution in [-0.2, 0) is 6.54 Å². The number of aromatic nitrogens is 2. The van der Waals surface area contributed by atoms with Crippen molar-refractivity contribution in [2.45, 2.75) is 6.54 Å². The Labute approximate surface area is 136 Å². The van der Waals surface area contributed by atoms with Gasteiger partial charge in [0, 0.05) is 25.1 Å². The van der Waals surface area contributed by atoms with Gasteiger partial charge in [-0.25, -0.2) is 4.98 Å². The minimum atomic E-state index is 0.654. The van der Waals surface area contributed by atoms with E-state index < -0.39 is 0 Å². The first kappa shape index (κ1) is 14.3. The maximum Gasteiger partial charge on any atom is 0.225 e. The molecule has 0 amide bonds. The molecule has 0 aliphatic heterocycles. The Morgan fingerprint density at radius 2 is 2.14 bits per heavy atom. The highest BCUT2D eigenvalue weighted by atomic mass is 79.9. The second-order valence-corrected chi connectivity index (χ2v) is 6.56. The molecule has 0 aliphatic rings. The molecular formula is C15H15BrN4S. The van der Waals surface area contributed by atoms with E-state index in [4.69, 9.17) is 0 Å². The summed E-state index contributed by atoms with van der Waals surface area (Å²) in [5, 5.41) is 6.17. The molecule has 108 valence electrons. The van der Waals surface area contributed by atoms with Crippen LogP contribution in [0.15, 0.2) is 40.2 Å². The third-order valence-electron chi connectivity index (χ3n) is 3.20. The minimum absolute atomic E-state index is 0.654. The van der Waals surface area contributed by atoms with Crippen LogP contribution in [0.3, 0.4) is 0 Å². The number of halogens is 1. The Kier molecular flexibility index (Phi) is 4.07. The SMILES string of the molecule is CNc1nc(N(C)Cc2cccc(Br)c2)c2ccsc2n1. The van der Waals surface area contributed by atoms with Crippen molar-refractivity contribution in [1.29, 1.82) is 0 Å². The van der Waals surface area contributed by atoms with E-state index in [0.29, 0.717) is 5.95 Å². The average molecular weight is 363 g/mol. The molecule has 6 heteroatoms. The molecule has 0 fully saturated rings. The zero-order valence-electron chi connectivity index (χ0n) is 11.8. The van der Waals surface area contributed by atoms with Gasteiger partial charge in [0.1, 0.15) is 10.6 Å². The molecule has 0 saturated heterocycles. The summed E-state index contributed by atoms with van der Waals surface area (Å²) in [6, 6.07) is 10.4. The summed E-state index contributed by atoms with van der Waals surface area (Å²) in [7, 11) is 3.90. The topological polar surface area (TPSA) is 41.1 Å². The number of rotatable bonds is 4. The van der Waals surface area contributed by atoms with Crippen molar-refractivity contribution in [3.8, 4) is 0 Å². The lowest BCUT2D eigenvalue weighted by atomic mass is 10.2. The van der Waals surface area contributed by atoms with E-state index in [9.17, 15) is 0 Å². The Morgan fingerprint density at radius 1 is 1.29 bits per heavy atom. The Hall–Kier alpha value is -1.66. The molecule has 1 aromatic carbocycles. The maximum absolute atomic E-state index is 4.61. The van der Waals surface area contributed by atoms with Gasteiger partial charge < -0.3 is 10.2 Å². The zero-order chi connectivity index (χ0) is 14.8. The van der Waals surface area contributed by atoms with Crippen LogP contribution in [-0.4, -0.2) is 24.1 Å². The van der Waals surface area contributed by atoms with E-state index in [2.05, 4.69) is 66.7 Å². The van der Waals surface area contributed by atoms with E-state index in [-0.39, 0.29) is 0 Å². The van der Waals surface area contributed by atoms with Crippen molar-refractivity contribution in [3.63, 3.8) is 0 Å². The molecule has 21 heavy (non-hydrogen) atoms. The van der Waals surface area contributed by atoms with Gasteiger partial charge in [0.05, 0.1) is 5.39 Å². The number of fused-ring (bicyclic) bond motifs is 1. The lowest BCUT2D eigenvalue weighted by Gasteiger charge is -2.20. The van der Waals surface area contributed by atoms with E-state index in [0.717, 1.165) is 27.1 Å². The largest absolute Gasteiger partial charge is 0.357 e. The second-order valence-electron chi connectivity index (χ2n) is 4.75. The van der Waals surface area contributed by atoms with Crippen molar-refractivity contribution in [2.75, 3.05) is 24.3 Å². The number of nitrogens with one attached hydrogen (secondary N) is 1. The molecule has 0 aliphatic carbocycles. The van der Waals surface area contributed by atoms with E-state index >= 15 is 0 Å². The van der Waals surface area contributed by atoms with Gasteiger partial charge in [-0.2, -0.15) is 4.98 Å². The summed E-state index contributed by atoms with van der Waals surface area (Å²) in [4.78, 5) is 12.2.